The van der Waals surface area contributed by atoms with Gasteiger partial charge in [0, 0.05) is 22.7 Å². The summed E-state index contributed by atoms with van der Waals surface area (Å²) < 4.78 is 1.32. The molecule has 0 aliphatic rings. The van der Waals surface area contributed by atoms with Gasteiger partial charge in [0.15, 0.2) is 0 Å². The lowest BCUT2D eigenvalue weighted by Crippen LogP contribution is -1.89. The molecule has 0 saturated heterocycles. The van der Waals surface area contributed by atoms with Crippen molar-refractivity contribution < 1.29 is 0 Å². The van der Waals surface area contributed by atoms with Gasteiger partial charge in [-0.3, -0.25) is 0 Å². The largest absolute Gasteiger partial charge is 0.244 e. The highest BCUT2D eigenvalue weighted by atomic mass is 32.1. The van der Waals surface area contributed by atoms with Crippen molar-refractivity contribution in [1.29, 1.82) is 0 Å². The third kappa shape index (κ3) is 3.09. The van der Waals surface area contributed by atoms with E-state index in [1.807, 2.05) is 0 Å². The summed E-state index contributed by atoms with van der Waals surface area (Å²) in [6.45, 7) is 8.33. The lowest BCUT2D eigenvalue weighted by Gasteiger charge is -2.08. The van der Waals surface area contributed by atoms with Crippen molar-refractivity contribution in [3.05, 3.63) is 72.7 Å². The predicted molar refractivity (Wildman–Crippen MR) is 91.2 cm³/mol. The number of thiophene rings is 1. The maximum atomic E-state index is 4.21. The van der Waals surface area contributed by atoms with Crippen LogP contribution in [0, 0.1) is 0 Å². The molecule has 0 radical (unpaired) electrons. The average molecular weight is 292 g/mol. The van der Waals surface area contributed by atoms with Gasteiger partial charge in [-0.1, -0.05) is 19.2 Å². The summed E-state index contributed by atoms with van der Waals surface area (Å²) in [6.07, 6.45) is 6.90. The van der Waals surface area contributed by atoms with Crippen LogP contribution in [0.4, 0.5) is 0 Å². The normalized spacial score (nSPS) is 10.7. The molecule has 3 aromatic rings. The highest BCUT2D eigenvalue weighted by Gasteiger charge is 2.05. The molecule has 0 fully saturated rings. The summed E-state index contributed by atoms with van der Waals surface area (Å²) >= 11 is 1.77. The van der Waals surface area contributed by atoms with Crippen LogP contribution >= 0.6 is 11.3 Å². The summed E-state index contributed by atoms with van der Waals surface area (Å²) in [7, 11) is 0. The molecule has 2 nitrogen and oxygen atoms in total. The first-order chi connectivity index (χ1) is 10.2. The molecule has 0 bridgehead atoms. The van der Waals surface area contributed by atoms with Crippen LogP contribution in [0.5, 0.6) is 0 Å². The molecule has 3 rings (SSSR count). The van der Waals surface area contributed by atoms with Gasteiger partial charge in [0.05, 0.1) is 0 Å². The van der Waals surface area contributed by atoms with Crippen molar-refractivity contribution in [1.82, 2.24) is 9.97 Å². The summed E-state index contributed by atoms with van der Waals surface area (Å²) in [5, 5.41) is 3.41. The quantitative estimate of drug-likeness (QED) is 0.646. The lowest BCUT2D eigenvalue weighted by molar-refractivity contribution is 1.07. The smallest absolute Gasteiger partial charge is 0.115 e. The van der Waals surface area contributed by atoms with Gasteiger partial charge in [-0.2, -0.15) is 0 Å². The van der Waals surface area contributed by atoms with E-state index in [9.17, 15) is 0 Å². The number of fused-ring (bicyclic) bond motifs is 1. The SMILES string of the molecule is C=C(CCC(=C)c1ccc2sccc2c1)c1cncnc1. The molecule has 3 heteroatoms. The molecule has 21 heavy (non-hydrogen) atoms. The first kappa shape index (κ1) is 13.7. The standard InChI is InChI=1S/C18H16N2S/c1-13(3-4-14(2)17-10-19-12-20-11-17)15-5-6-18-16(9-15)7-8-21-18/h5-12H,1-4H2. The molecule has 0 unspecified atom stereocenters. The third-order valence-corrected chi connectivity index (χ3v) is 4.46. The van der Waals surface area contributed by atoms with E-state index in [0.717, 1.165) is 29.6 Å². The summed E-state index contributed by atoms with van der Waals surface area (Å²) in [5.41, 5.74) is 4.39. The molecular weight excluding hydrogens is 276 g/mol. The number of hydrogen-bond donors (Lipinski definition) is 0. The van der Waals surface area contributed by atoms with Crippen LogP contribution < -0.4 is 0 Å². The molecule has 0 saturated carbocycles. The zero-order valence-electron chi connectivity index (χ0n) is 11.7. The molecule has 0 atom stereocenters. The van der Waals surface area contributed by atoms with Gasteiger partial charge in [0.2, 0.25) is 0 Å². The number of rotatable bonds is 5. The molecule has 0 N–H and O–H groups in total. The highest BCUT2D eigenvalue weighted by molar-refractivity contribution is 7.17. The molecule has 1 aromatic carbocycles. The van der Waals surface area contributed by atoms with Gasteiger partial charge in [-0.05, 0) is 58.5 Å². The molecule has 0 spiro atoms. The summed E-state index contributed by atoms with van der Waals surface area (Å²) in [4.78, 5) is 8.05. The van der Waals surface area contributed by atoms with E-state index in [0.29, 0.717) is 0 Å². The molecule has 2 heterocycles. The second-order valence-corrected chi connectivity index (χ2v) is 5.96. The predicted octanol–water partition coefficient (Wildman–Crippen LogP) is 5.20. The second-order valence-electron chi connectivity index (χ2n) is 5.01. The Kier molecular flexibility index (Phi) is 3.93. The number of nitrogens with zero attached hydrogens (tertiary/aromatic N) is 2. The fourth-order valence-corrected chi connectivity index (χ4v) is 3.03. The molecule has 2 aromatic heterocycles. The minimum absolute atomic E-state index is 0.869. The Bertz CT molecular complexity index is 787. The van der Waals surface area contributed by atoms with E-state index in [2.05, 4.69) is 52.8 Å². The second kappa shape index (κ2) is 6.02. The van der Waals surface area contributed by atoms with Gasteiger partial charge in [-0.15, -0.1) is 11.3 Å². The van der Waals surface area contributed by atoms with Crippen LogP contribution in [-0.4, -0.2) is 9.97 Å². The minimum atomic E-state index is 0.869. The van der Waals surface area contributed by atoms with E-state index >= 15 is 0 Å². The Labute approximate surface area is 128 Å². The topological polar surface area (TPSA) is 25.8 Å². The van der Waals surface area contributed by atoms with Gasteiger partial charge < -0.3 is 0 Å². The van der Waals surface area contributed by atoms with Gasteiger partial charge in [0.25, 0.3) is 0 Å². The van der Waals surface area contributed by atoms with Crippen molar-refractivity contribution in [2.45, 2.75) is 12.8 Å². The van der Waals surface area contributed by atoms with Crippen LogP contribution in [0.2, 0.25) is 0 Å². The van der Waals surface area contributed by atoms with Crippen LogP contribution in [-0.2, 0) is 0 Å². The van der Waals surface area contributed by atoms with Gasteiger partial charge in [-0.25, -0.2) is 9.97 Å². The first-order valence-corrected chi connectivity index (χ1v) is 7.70. The first-order valence-electron chi connectivity index (χ1n) is 6.82. The van der Waals surface area contributed by atoms with E-state index in [-0.39, 0.29) is 0 Å². The van der Waals surface area contributed by atoms with Crippen LogP contribution in [0.15, 0.2) is 61.5 Å². The number of hydrogen-bond acceptors (Lipinski definition) is 3. The summed E-state index contributed by atoms with van der Waals surface area (Å²) in [6, 6.07) is 8.68. The Morgan fingerprint density at radius 2 is 1.67 bits per heavy atom. The van der Waals surface area contributed by atoms with Crippen molar-refractivity contribution in [2.75, 3.05) is 0 Å². The molecule has 0 amide bonds. The van der Waals surface area contributed by atoms with E-state index in [1.165, 1.54) is 22.0 Å². The van der Waals surface area contributed by atoms with Crippen LogP contribution in [0.1, 0.15) is 24.0 Å². The molecule has 0 aliphatic heterocycles. The van der Waals surface area contributed by atoms with Crippen molar-refractivity contribution in [2.24, 2.45) is 0 Å². The Balaban J connectivity index is 1.67. The van der Waals surface area contributed by atoms with Crippen molar-refractivity contribution in [3.8, 4) is 0 Å². The van der Waals surface area contributed by atoms with Gasteiger partial charge in [0.1, 0.15) is 6.33 Å². The van der Waals surface area contributed by atoms with E-state index in [1.54, 1.807) is 23.7 Å². The average Bonchev–Trinajstić information content (AvgIpc) is 3.00. The molecule has 104 valence electrons. The van der Waals surface area contributed by atoms with Crippen LogP contribution in [0.3, 0.4) is 0 Å². The minimum Gasteiger partial charge on any atom is -0.244 e. The Hall–Kier alpha value is -2.26. The number of allylic oxidation sites excluding steroid dienone is 2. The van der Waals surface area contributed by atoms with Gasteiger partial charge >= 0.3 is 0 Å². The zero-order chi connectivity index (χ0) is 14.7. The van der Waals surface area contributed by atoms with Crippen molar-refractivity contribution in [3.63, 3.8) is 0 Å². The van der Waals surface area contributed by atoms with E-state index in [4.69, 9.17) is 0 Å². The maximum absolute atomic E-state index is 4.21. The number of aromatic nitrogens is 2. The monoisotopic (exact) mass is 292 g/mol. The summed E-state index contributed by atoms with van der Waals surface area (Å²) in [5.74, 6) is 0. The third-order valence-electron chi connectivity index (χ3n) is 3.56. The van der Waals surface area contributed by atoms with E-state index < -0.39 is 0 Å². The maximum Gasteiger partial charge on any atom is 0.115 e. The lowest BCUT2D eigenvalue weighted by atomic mass is 9.97. The fourth-order valence-electron chi connectivity index (χ4n) is 2.26. The molecular formula is C18H16N2S. The molecule has 0 aliphatic carbocycles. The Morgan fingerprint density at radius 1 is 0.952 bits per heavy atom. The van der Waals surface area contributed by atoms with Crippen molar-refractivity contribution >= 4 is 32.6 Å². The fraction of sp³-hybridized carbons (Fsp3) is 0.111. The highest BCUT2D eigenvalue weighted by Crippen LogP contribution is 2.28. The number of benzene rings is 1. The Morgan fingerprint density at radius 3 is 2.43 bits per heavy atom. The zero-order valence-corrected chi connectivity index (χ0v) is 12.6. The van der Waals surface area contributed by atoms with Crippen LogP contribution in [0.25, 0.3) is 21.2 Å².